The van der Waals surface area contributed by atoms with Gasteiger partial charge in [0.2, 0.25) is 0 Å². The molecule has 1 aliphatic heterocycles. The van der Waals surface area contributed by atoms with E-state index < -0.39 is 5.97 Å². The van der Waals surface area contributed by atoms with Crippen LogP contribution >= 0.6 is 39.3 Å². The van der Waals surface area contributed by atoms with Crippen molar-refractivity contribution in [3.63, 3.8) is 0 Å². The number of hydrogen-bond acceptors (Lipinski definition) is 6. The van der Waals surface area contributed by atoms with Gasteiger partial charge >= 0.3 is 5.97 Å². The summed E-state index contributed by atoms with van der Waals surface area (Å²) in [6.45, 7) is 0. The van der Waals surface area contributed by atoms with Crippen molar-refractivity contribution in [2.24, 2.45) is 4.99 Å². The molecule has 9 heteroatoms. The molecule has 162 valence electrons. The van der Waals surface area contributed by atoms with Gasteiger partial charge < -0.3 is 9.15 Å². The van der Waals surface area contributed by atoms with Crippen molar-refractivity contribution in [1.29, 1.82) is 0 Å². The maximum absolute atomic E-state index is 12.7. The minimum absolute atomic E-state index is 0.169. The molecule has 2 aromatic carbocycles. The maximum atomic E-state index is 12.7. The number of amides is 1. The van der Waals surface area contributed by atoms with Crippen molar-refractivity contribution in [2.45, 2.75) is 0 Å². The van der Waals surface area contributed by atoms with E-state index in [0.717, 1.165) is 10.0 Å². The third-order valence-electron chi connectivity index (χ3n) is 4.62. The van der Waals surface area contributed by atoms with E-state index in [1.807, 2.05) is 18.2 Å². The van der Waals surface area contributed by atoms with E-state index in [9.17, 15) is 9.59 Å². The van der Waals surface area contributed by atoms with Gasteiger partial charge in [0, 0.05) is 23.2 Å². The number of rotatable bonds is 4. The summed E-state index contributed by atoms with van der Waals surface area (Å²) >= 11 is 10.7. The molecular formula is C23H16BrClN2O4S. The van der Waals surface area contributed by atoms with Gasteiger partial charge in [-0.2, -0.15) is 0 Å². The van der Waals surface area contributed by atoms with Crippen molar-refractivity contribution >= 4 is 68.1 Å². The summed E-state index contributed by atoms with van der Waals surface area (Å²) in [4.78, 5) is 30.8. The third-order valence-corrected chi connectivity index (χ3v) is 6.91. The predicted octanol–water partition coefficient (Wildman–Crippen LogP) is 6.38. The highest BCUT2D eigenvalue weighted by Gasteiger charge is 2.30. The standard InChI is InChI=1S/C23H16BrClN2O4S/c1-27-21(28)20(32-23(27)26-15-7-9-17(24)18(25)11-15)12-16-8-10-19(31-16)13-3-5-14(6-4-13)22(29)30-2/h3-12H,1-2H3/b20-12-,26-23?. The molecule has 0 saturated carbocycles. The van der Waals surface area contributed by atoms with Gasteiger partial charge in [-0.1, -0.05) is 23.7 Å². The zero-order chi connectivity index (χ0) is 22.8. The molecule has 0 spiro atoms. The highest BCUT2D eigenvalue weighted by atomic mass is 79.9. The van der Waals surface area contributed by atoms with Crippen LogP contribution in [0.15, 0.2) is 73.4 Å². The Morgan fingerprint density at radius 3 is 2.62 bits per heavy atom. The normalized spacial score (nSPS) is 16.2. The zero-order valence-electron chi connectivity index (χ0n) is 17.0. The summed E-state index contributed by atoms with van der Waals surface area (Å²) in [5, 5.41) is 1.09. The maximum Gasteiger partial charge on any atom is 0.337 e. The topological polar surface area (TPSA) is 72.1 Å². The Kier molecular flexibility index (Phi) is 6.55. The minimum atomic E-state index is -0.398. The second-order valence-electron chi connectivity index (χ2n) is 6.74. The van der Waals surface area contributed by atoms with Crippen LogP contribution in [0.25, 0.3) is 17.4 Å². The smallest absolute Gasteiger partial charge is 0.337 e. The van der Waals surface area contributed by atoms with Crippen LogP contribution in [0.1, 0.15) is 16.1 Å². The van der Waals surface area contributed by atoms with Crippen molar-refractivity contribution < 1.29 is 18.7 Å². The van der Waals surface area contributed by atoms with Crippen LogP contribution in [-0.4, -0.2) is 36.1 Å². The number of likely N-dealkylation sites (N-methyl/N-ethyl adjacent to an activating group) is 1. The molecule has 1 aromatic heterocycles. The first-order chi connectivity index (χ1) is 15.4. The predicted molar refractivity (Wildman–Crippen MR) is 130 cm³/mol. The zero-order valence-corrected chi connectivity index (χ0v) is 20.1. The van der Waals surface area contributed by atoms with Crippen LogP contribution in [0.5, 0.6) is 0 Å². The van der Waals surface area contributed by atoms with Crippen LogP contribution in [0.3, 0.4) is 0 Å². The molecule has 0 aliphatic carbocycles. The SMILES string of the molecule is COC(=O)c1ccc(-c2ccc(/C=C3\SC(=Nc4ccc(Br)c(Cl)c4)N(C)C3=O)o2)cc1. The molecule has 1 aliphatic rings. The average Bonchev–Trinajstić information content (AvgIpc) is 3.37. The third kappa shape index (κ3) is 4.67. The second kappa shape index (κ2) is 9.36. The molecule has 1 saturated heterocycles. The number of benzene rings is 2. The first kappa shape index (κ1) is 22.4. The van der Waals surface area contributed by atoms with E-state index in [1.165, 1.54) is 23.8 Å². The van der Waals surface area contributed by atoms with E-state index in [-0.39, 0.29) is 5.91 Å². The summed E-state index contributed by atoms with van der Waals surface area (Å²) < 4.78 is 11.4. The van der Waals surface area contributed by atoms with Gasteiger partial charge in [0.05, 0.1) is 28.3 Å². The molecule has 32 heavy (non-hydrogen) atoms. The Bertz CT molecular complexity index is 1270. The molecule has 0 bridgehead atoms. The molecule has 1 amide bonds. The Morgan fingerprint density at radius 1 is 1.19 bits per heavy atom. The lowest BCUT2D eigenvalue weighted by Gasteiger charge is -2.07. The van der Waals surface area contributed by atoms with Gasteiger partial charge in [-0.05, 0) is 70.2 Å². The van der Waals surface area contributed by atoms with Crippen LogP contribution in [-0.2, 0) is 9.53 Å². The van der Waals surface area contributed by atoms with Crippen molar-refractivity contribution in [2.75, 3.05) is 14.2 Å². The lowest BCUT2D eigenvalue weighted by atomic mass is 10.1. The highest BCUT2D eigenvalue weighted by molar-refractivity contribution is 9.10. The Labute approximate surface area is 202 Å². The second-order valence-corrected chi connectivity index (χ2v) is 9.01. The Balaban J connectivity index is 1.55. The van der Waals surface area contributed by atoms with Crippen molar-refractivity contribution in [1.82, 2.24) is 4.90 Å². The lowest BCUT2D eigenvalue weighted by molar-refractivity contribution is -0.121. The average molecular weight is 532 g/mol. The van der Waals surface area contributed by atoms with E-state index in [2.05, 4.69) is 20.9 Å². The van der Waals surface area contributed by atoms with Crippen molar-refractivity contribution in [3.05, 3.63) is 80.3 Å². The molecule has 0 N–H and O–H groups in total. The number of hydrogen-bond donors (Lipinski definition) is 0. The summed E-state index contributed by atoms with van der Waals surface area (Å²) in [6.07, 6.45) is 1.69. The Hall–Kier alpha value is -2.81. The number of nitrogens with zero attached hydrogens (tertiary/aromatic N) is 2. The van der Waals surface area contributed by atoms with Gasteiger partial charge in [0.25, 0.3) is 5.91 Å². The monoisotopic (exact) mass is 530 g/mol. The molecule has 4 rings (SSSR count). The minimum Gasteiger partial charge on any atom is -0.465 e. The summed E-state index contributed by atoms with van der Waals surface area (Å²) in [5.41, 5.74) is 1.91. The van der Waals surface area contributed by atoms with Gasteiger partial charge in [-0.25, -0.2) is 9.79 Å². The number of amidine groups is 1. The fraction of sp³-hybridized carbons (Fsp3) is 0.0870. The van der Waals surface area contributed by atoms with Crippen LogP contribution in [0, 0.1) is 0 Å². The number of ether oxygens (including phenoxy) is 1. The summed E-state index contributed by atoms with van der Waals surface area (Å²) in [5.74, 6) is 0.590. The van der Waals surface area contributed by atoms with Gasteiger partial charge in [-0.3, -0.25) is 9.69 Å². The summed E-state index contributed by atoms with van der Waals surface area (Å²) in [7, 11) is 3.01. The largest absolute Gasteiger partial charge is 0.465 e. The lowest BCUT2D eigenvalue weighted by Crippen LogP contribution is -2.23. The molecule has 0 radical (unpaired) electrons. The first-order valence-electron chi connectivity index (χ1n) is 9.35. The van der Waals surface area contributed by atoms with Gasteiger partial charge in [0.1, 0.15) is 11.5 Å². The molecule has 1 fully saturated rings. The number of thioether (sulfide) groups is 1. The fourth-order valence-corrected chi connectivity index (χ4v) is 4.31. The van der Waals surface area contributed by atoms with E-state index in [4.69, 9.17) is 20.8 Å². The quantitative estimate of drug-likeness (QED) is 0.288. The number of carbonyl (C=O) groups excluding carboxylic acids is 2. The number of methoxy groups -OCH3 is 1. The van der Waals surface area contributed by atoms with E-state index in [1.54, 1.807) is 49.5 Å². The fourth-order valence-electron chi connectivity index (χ4n) is 2.92. The number of esters is 1. The number of aliphatic imine (C=N–C) groups is 1. The van der Waals surface area contributed by atoms with Crippen molar-refractivity contribution in [3.8, 4) is 11.3 Å². The number of carbonyl (C=O) groups is 2. The number of halogens is 2. The van der Waals surface area contributed by atoms with Crippen LogP contribution in [0.2, 0.25) is 5.02 Å². The van der Waals surface area contributed by atoms with E-state index >= 15 is 0 Å². The molecule has 0 atom stereocenters. The first-order valence-corrected chi connectivity index (χ1v) is 11.3. The Morgan fingerprint density at radius 2 is 1.94 bits per heavy atom. The molecular weight excluding hydrogens is 516 g/mol. The van der Waals surface area contributed by atoms with Gasteiger partial charge in [0.15, 0.2) is 5.17 Å². The molecule has 6 nitrogen and oxygen atoms in total. The van der Waals surface area contributed by atoms with Crippen LogP contribution in [0.4, 0.5) is 5.69 Å². The molecule has 2 heterocycles. The van der Waals surface area contributed by atoms with E-state index in [0.29, 0.717) is 37.9 Å². The highest BCUT2D eigenvalue weighted by Crippen LogP contribution is 2.35. The summed E-state index contributed by atoms with van der Waals surface area (Å²) in [6, 6.07) is 15.8. The molecule has 0 unspecified atom stereocenters. The van der Waals surface area contributed by atoms with Gasteiger partial charge in [-0.15, -0.1) is 0 Å². The van der Waals surface area contributed by atoms with Crippen LogP contribution < -0.4 is 0 Å². The number of furan rings is 1. The molecule has 3 aromatic rings.